The van der Waals surface area contributed by atoms with Gasteiger partial charge in [-0.2, -0.15) is 13.2 Å². The Bertz CT molecular complexity index is 970. The average molecular weight is 381 g/mol. The number of benzene rings is 1. The van der Waals surface area contributed by atoms with E-state index in [1.807, 2.05) is 0 Å². The molecule has 0 fully saturated rings. The van der Waals surface area contributed by atoms with Gasteiger partial charge in [-0.05, 0) is 25.1 Å². The van der Waals surface area contributed by atoms with Crippen LogP contribution >= 0.6 is 0 Å². The Morgan fingerprint density at radius 2 is 1.93 bits per heavy atom. The molecule has 0 N–H and O–H groups in total. The molecule has 0 radical (unpaired) electrons. The van der Waals surface area contributed by atoms with E-state index in [9.17, 15) is 22.4 Å². The number of alkyl halides is 3. The molecule has 0 amide bonds. The molecule has 0 atom stereocenters. The van der Waals surface area contributed by atoms with Gasteiger partial charge in [-0.1, -0.05) is 5.21 Å². The third-order valence-corrected chi connectivity index (χ3v) is 3.44. The molecule has 0 aliphatic heterocycles. The highest BCUT2D eigenvalue weighted by Gasteiger charge is 2.34. The van der Waals surface area contributed by atoms with Gasteiger partial charge in [0.1, 0.15) is 18.1 Å². The molecule has 11 heteroatoms. The monoisotopic (exact) mass is 381 g/mol. The summed E-state index contributed by atoms with van der Waals surface area (Å²) in [6.07, 6.45) is -0.884. The average Bonchev–Trinajstić information content (AvgIpc) is 3.08. The number of nitrogens with zero attached hydrogens (tertiary/aromatic N) is 5. The van der Waals surface area contributed by atoms with Crippen LogP contribution in [-0.4, -0.2) is 30.7 Å². The van der Waals surface area contributed by atoms with E-state index in [0.717, 1.165) is 10.7 Å². The highest BCUT2D eigenvalue weighted by atomic mass is 19.4. The zero-order valence-corrected chi connectivity index (χ0v) is 13.7. The van der Waals surface area contributed by atoms with Crippen molar-refractivity contribution in [3.05, 3.63) is 59.4 Å². The van der Waals surface area contributed by atoms with Crippen LogP contribution < -0.4 is 4.74 Å². The summed E-state index contributed by atoms with van der Waals surface area (Å²) >= 11 is 0. The van der Waals surface area contributed by atoms with E-state index in [1.165, 1.54) is 25.5 Å². The van der Waals surface area contributed by atoms with Crippen LogP contribution in [0.2, 0.25) is 0 Å². The molecule has 1 aromatic carbocycles. The molecule has 27 heavy (non-hydrogen) atoms. The summed E-state index contributed by atoms with van der Waals surface area (Å²) < 4.78 is 58.1. The minimum absolute atomic E-state index is 0.00399. The van der Waals surface area contributed by atoms with E-state index in [4.69, 9.17) is 4.74 Å². The normalized spacial score (nSPS) is 11.4. The van der Waals surface area contributed by atoms with Crippen LogP contribution in [0.25, 0.3) is 5.69 Å². The number of Topliss-reactive ketones (excluding diaryl/α,β-unsaturated/α-hetero) is 1. The standard InChI is InChI=1S/C16H11F4N5O2/c1-9(26)10-5-21-15(22-6-10)27-8-11-7-25(24-23-11)12-2-3-14(17)13(4-12)16(18,19)20/h2-7H,8H2,1H3. The number of carbonyl (C=O) groups is 1. The van der Waals surface area contributed by atoms with Crippen molar-refractivity contribution in [1.82, 2.24) is 25.0 Å². The minimum Gasteiger partial charge on any atom is -0.457 e. The van der Waals surface area contributed by atoms with Gasteiger partial charge >= 0.3 is 12.2 Å². The number of hydrogen-bond donors (Lipinski definition) is 0. The Kier molecular flexibility index (Phi) is 4.84. The molecule has 3 aromatic rings. The number of rotatable bonds is 5. The third-order valence-electron chi connectivity index (χ3n) is 3.44. The maximum Gasteiger partial charge on any atom is 0.419 e. The molecule has 0 aliphatic carbocycles. The number of carbonyl (C=O) groups excluding carboxylic acids is 1. The number of ether oxygens (including phenoxy) is 1. The SMILES string of the molecule is CC(=O)c1cnc(OCc2cn(-c3ccc(F)c(C(F)(F)F)c3)nn2)nc1. The molecule has 140 valence electrons. The van der Waals surface area contributed by atoms with Crippen LogP contribution in [0.15, 0.2) is 36.8 Å². The lowest BCUT2D eigenvalue weighted by molar-refractivity contribution is -0.140. The van der Waals surface area contributed by atoms with E-state index in [2.05, 4.69) is 20.3 Å². The summed E-state index contributed by atoms with van der Waals surface area (Å²) in [5.74, 6) is -1.57. The number of halogens is 4. The molecule has 7 nitrogen and oxygen atoms in total. The predicted octanol–water partition coefficient (Wildman–Crippen LogP) is 3.00. The Hall–Kier alpha value is -3.37. The molecule has 2 aromatic heterocycles. The van der Waals surface area contributed by atoms with Crippen molar-refractivity contribution in [3.8, 4) is 11.7 Å². The molecule has 0 saturated carbocycles. The number of aromatic nitrogens is 5. The fourth-order valence-corrected chi connectivity index (χ4v) is 2.07. The van der Waals surface area contributed by atoms with Gasteiger partial charge in [0.2, 0.25) is 0 Å². The fourth-order valence-electron chi connectivity index (χ4n) is 2.07. The van der Waals surface area contributed by atoms with Gasteiger partial charge in [-0.3, -0.25) is 4.79 Å². The first-order valence-corrected chi connectivity index (χ1v) is 7.48. The van der Waals surface area contributed by atoms with E-state index in [-0.39, 0.29) is 29.8 Å². The maximum atomic E-state index is 13.4. The molecule has 0 unspecified atom stereocenters. The van der Waals surface area contributed by atoms with Crippen molar-refractivity contribution in [2.45, 2.75) is 19.7 Å². The van der Waals surface area contributed by atoms with Gasteiger partial charge in [-0.25, -0.2) is 19.0 Å². The van der Waals surface area contributed by atoms with Gasteiger partial charge in [0, 0.05) is 12.4 Å². The van der Waals surface area contributed by atoms with Crippen LogP contribution in [0.4, 0.5) is 17.6 Å². The summed E-state index contributed by atoms with van der Waals surface area (Å²) in [5, 5.41) is 7.47. The molecular formula is C16H11F4N5O2. The Labute approximate surface area is 149 Å². The molecule has 0 saturated heterocycles. The lowest BCUT2D eigenvalue weighted by Crippen LogP contribution is -2.09. The molecule has 3 rings (SSSR count). The Morgan fingerprint density at radius 3 is 2.56 bits per heavy atom. The summed E-state index contributed by atoms with van der Waals surface area (Å²) in [7, 11) is 0. The highest BCUT2D eigenvalue weighted by Crippen LogP contribution is 2.32. The molecular weight excluding hydrogens is 370 g/mol. The van der Waals surface area contributed by atoms with Crippen molar-refractivity contribution >= 4 is 5.78 Å². The predicted molar refractivity (Wildman–Crippen MR) is 82.7 cm³/mol. The van der Waals surface area contributed by atoms with Crippen LogP contribution in [0.3, 0.4) is 0 Å². The minimum atomic E-state index is -4.82. The van der Waals surface area contributed by atoms with E-state index < -0.39 is 17.6 Å². The zero-order chi connectivity index (χ0) is 19.6. The van der Waals surface area contributed by atoms with Crippen LogP contribution in [0.5, 0.6) is 6.01 Å². The van der Waals surface area contributed by atoms with E-state index in [0.29, 0.717) is 17.7 Å². The topological polar surface area (TPSA) is 82.8 Å². The highest BCUT2D eigenvalue weighted by molar-refractivity contribution is 5.93. The zero-order valence-electron chi connectivity index (χ0n) is 13.7. The van der Waals surface area contributed by atoms with Gasteiger partial charge in [-0.15, -0.1) is 5.10 Å². The molecule has 0 aliphatic rings. The summed E-state index contributed by atoms with van der Waals surface area (Å²) in [6, 6.07) is 2.49. The van der Waals surface area contributed by atoms with Gasteiger partial charge in [0.15, 0.2) is 5.78 Å². The van der Waals surface area contributed by atoms with Gasteiger partial charge in [0.05, 0.1) is 23.0 Å². The van der Waals surface area contributed by atoms with Crippen molar-refractivity contribution in [2.75, 3.05) is 0 Å². The van der Waals surface area contributed by atoms with Gasteiger partial charge < -0.3 is 4.74 Å². The van der Waals surface area contributed by atoms with Crippen molar-refractivity contribution in [2.24, 2.45) is 0 Å². The quantitative estimate of drug-likeness (QED) is 0.499. The second kappa shape index (κ2) is 7.09. The first-order chi connectivity index (χ1) is 12.7. The second-order valence-corrected chi connectivity index (χ2v) is 5.42. The number of ketones is 1. The third kappa shape index (κ3) is 4.25. The summed E-state index contributed by atoms with van der Waals surface area (Å²) in [4.78, 5) is 18.8. The number of hydrogen-bond acceptors (Lipinski definition) is 6. The lowest BCUT2D eigenvalue weighted by Gasteiger charge is -2.09. The summed E-state index contributed by atoms with van der Waals surface area (Å²) in [5.41, 5.74) is -0.797. The van der Waals surface area contributed by atoms with Crippen molar-refractivity contribution in [3.63, 3.8) is 0 Å². The molecule has 2 heterocycles. The largest absolute Gasteiger partial charge is 0.457 e. The fraction of sp³-hybridized carbons (Fsp3) is 0.188. The Balaban J connectivity index is 1.72. The van der Waals surface area contributed by atoms with E-state index >= 15 is 0 Å². The van der Waals surface area contributed by atoms with Gasteiger partial charge in [0.25, 0.3) is 0 Å². The van der Waals surface area contributed by atoms with E-state index in [1.54, 1.807) is 0 Å². The smallest absolute Gasteiger partial charge is 0.419 e. The van der Waals surface area contributed by atoms with Crippen LogP contribution in [-0.2, 0) is 12.8 Å². The molecule has 0 spiro atoms. The summed E-state index contributed by atoms with van der Waals surface area (Å²) in [6.45, 7) is 1.27. The first-order valence-electron chi connectivity index (χ1n) is 7.48. The van der Waals surface area contributed by atoms with Crippen molar-refractivity contribution in [1.29, 1.82) is 0 Å². The second-order valence-electron chi connectivity index (χ2n) is 5.42. The van der Waals surface area contributed by atoms with Crippen LogP contribution in [0, 0.1) is 5.82 Å². The Morgan fingerprint density at radius 1 is 1.22 bits per heavy atom. The maximum absolute atomic E-state index is 13.4. The van der Waals surface area contributed by atoms with Crippen molar-refractivity contribution < 1.29 is 27.1 Å². The first kappa shape index (κ1) is 18.4. The lowest BCUT2D eigenvalue weighted by atomic mass is 10.2. The molecule has 0 bridgehead atoms. The van der Waals surface area contributed by atoms with Crippen LogP contribution in [0.1, 0.15) is 28.5 Å².